The molecule has 19 heavy (non-hydrogen) atoms. The molecule has 1 spiro atoms. The van der Waals surface area contributed by atoms with Crippen molar-refractivity contribution in [2.75, 3.05) is 24.6 Å². The standard InChI is InChI=1S/C13H23NO4S/c1-12(2,3)18-11(15)14-7-4-13(10-14)5-8-19(16,17)9-6-13/h4-10H2,1-3H3. The first kappa shape index (κ1) is 14.6. The molecule has 2 rings (SSSR count). The Morgan fingerprint density at radius 2 is 1.74 bits per heavy atom. The third-order valence-corrected chi connectivity index (χ3v) is 5.63. The number of hydrogen-bond acceptors (Lipinski definition) is 4. The molecule has 2 aliphatic rings. The molecule has 1 amide bonds. The van der Waals surface area contributed by atoms with Crippen molar-refractivity contribution >= 4 is 15.9 Å². The molecule has 0 N–H and O–H groups in total. The summed E-state index contributed by atoms with van der Waals surface area (Å²) in [7, 11) is -2.85. The van der Waals surface area contributed by atoms with E-state index in [1.54, 1.807) is 4.90 Å². The lowest BCUT2D eigenvalue weighted by atomic mass is 9.81. The maximum Gasteiger partial charge on any atom is 0.410 e. The van der Waals surface area contributed by atoms with E-state index in [1.165, 1.54) is 0 Å². The van der Waals surface area contributed by atoms with Crippen LogP contribution in [0.2, 0.25) is 0 Å². The molecule has 2 aliphatic heterocycles. The number of hydrogen-bond donors (Lipinski definition) is 0. The van der Waals surface area contributed by atoms with Gasteiger partial charge in [0, 0.05) is 13.1 Å². The Hall–Kier alpha value is -0.780. The zero-order valence-corrected chi connectivity index (χ0v) is 12.8. The van der Waals surface area contributed by atoms with Crippen LogP contribution in [0.15, 0.2) is 0 Å². The average molecular weight is 289 g/mol. The Bertz CT molecular complexity index is 450. The largest absolute Gasteiger partial charge is 0.444 e. The van der Waals surface area contributed by atoms with Crippen molar-refractivity contribution in [3.63, 3.8) is 0 Å². The number of nitrogens with zero attached hydrogens (tertiary/aromatic N) is 1. The molecule has 2 fully saturated rings. The first-order chi connectivity index (χ1) is 8.61. The summed E-state index contributed by atoms with van der Waals surface area (Å²) < 4.78 is 28.3. The van der Waals surface area contributed by atoms with Crippen molar-refractivity contribution in [1.29, 1.82) is 0 Å². The topological polar surface area (TPSA) is 63.7 Å². The van der Waals surface area contributed by atoms with Gasteiger partial charge in [0.15, 0.2) is 0 Å². The third kappa shape index (κ3) is 3.61. The van der Waals surface area contributed by atoms with Crippen LogP contribution in [-0.2, 0) is 14.6 Å². The van der Waals surface area contributed by atoms with Gasteiger partial charge < -0.3 is 9.64 Å². The molecule has 0 aromatic heterocycles. The van der Waals surface area contributed by atoms with Crippen LogP contribution in [0.1, 0.15) is 40.0 Å². The van der Waals surface area contributed by atoms with Crippen LogP contribution in [0.5, 0.6) is 0 Å². The number of sulfone groups is 1. The maximum atomic E-state index is 12.0. The second-order valence-electron chi connectivity index (χ2n) is 6.80. The fourth-order valence-corrected chi connectivity index (χ4v) is 4.49. The molecule has 110 valence electrons. The van der Waals surface area contributed by atoms with Crippen LogP contribution in [0.25, 0.3) is 0 Å². The Labute approximate surface area is 115 Å². The Morgan fingerprint density at radius 3 is 2.26 bits per heavy atom. The minimum atomic E-state index is -2.85. The molecule has 0 bridgehead atoms. The van der Waals surface area contributed by atoms with E-state index < -0.39 is 15.4 Å². The minimum absolute atomic E-state index is 0.00221. The maximum absolute atomic E-state index is 12.0. The van der Waals surface area contributed by atoms with Crippen molar-refractivity contribution in [2.45, 2.75) is 45.6 Å². The van der Waals surface area contributed by atoms with Gasteiger partial charge in [-0.2, -0.15) is 0 Å². The van der Waals surface area contributed by atoms with E-state index in [0.717, 1.165) is 6.42 Å². The van der Waals surface area contributed by atoms with Gasteiger partial charge in [-0.25, -0.2) is 13.2 Å². The lowest BCUT2D eigenvalue weighted by molar-refractivity contribution is 0.0270. The molecule has 0 atom stereocenters. The van der Waals surface area contributed by atoms with E-state index in [4.69, 9.17) is 4.74 Å². The van der Waals surface area contributed by atoms with Crippen LogP contribution >= 0.6 is 0 Å². The second kappa shape index (κ2) is 4.65. The summed E-state index contributed by atoms with van der Waals surface area (Å²) in [6.07, 6.45) is 1.96. The number of likely N-dealkylation sites (tertiary alicyclic amines) is 1. The first-order valence-corrected chi connectivity index (χ1v) is 8.61. The molecule has 2 heterocycles. The van der Waals surface area contributed by atoms with Gasteiger partial charge in [0.05, 0.1) is 11.5 Å². The fraction of sp³-hybridized carbons (Fsp3) is 0.923. The zero-order valence-electron chi connectivity index (χ0n) is 11.9. The quantitative estimate of drug-likeness (QED) is 0.682. The van der Waals surface area contributed by atoms with E-state index in [9.17, 15) is 13.2 Å². The molecular weight excluding hydrogens is 266 g/mol. The summed E-state index contributed by atoms with van der Waals surface area (Å²) in [4.78, 5) is 13.7. The predicted octanol–water partition coefficient (Wildman–Crippen LogP) is 1.82. The number of carbonyl (C=O) groups is 1. The van der Waals surface area contributed by atoms with E-state index in [2.05, 4.69) is 0 Å². The lowest BCUT2D eigenvalue weighted by Crippen LogP contribution is -2.39. The second-order valence-corrected chi connectivity index (χ2v) is 9.11. The van der Waals surface area contributed by atoms with Gasteiger partial charge in [0.1, 0.15) is 15.4 Å². The molecular formula is C13H23NO4S. The Kier molecular flexibility index (Phi) is 3.58. The van der Waals surface area contributed by atoms with Crippen LogP contribution in [-0.4, -0.2) is 49.6 Å². The Morgan fingerprint density at radius 1 is 1.16 bits per heavy atom. The van der Waals surface area contributed by atoms with E-state index in [-0.39, 0.29) is 23.0 Å². The van der Waals surface area contributed by atoms with Gasteiger partial charge in [0.25, 0.3) is 0 Å². The van der Waals surface area contributed by atoms with Crippen molar-refractivity contribution < 1.29 is 17.9 Å². The van der Waals surface area contributed by atoms with Gasteiger partial charge in [-0.3, -0.25) is 0 Å². The molecule has 2 saturated heterocycles. The highest BCUT2D eigenvalue weighted by molar-refractivity contribution is 7.91. The molecule has 5 nitrogen and oxygen atoms in total. The molecule has 0 aromatic rings. The molecule has 0 radical (unpaired) electrons. The van der Waals surface area contributed by atoms with Crippen LogP contribution < -0.4 is 0 Å². The smallest absolute Gasteiger partial charge is 0.410 e. The number of ether oxygens (including phenoxy) is 1. The highest BCUT2D eigenvalue weighted by Gasteiger charge is 2.44. The van der Waals surface area contributed by atoms with E-state index >= 15 is 0 Å². The fourth-order valence-electron chi connectivity index (χ4n) is 2.80. The van der Waals surface area contributed by atoms with Gasteiger partial charge in [0.2, 0.25) is 0 Å². The number of rotatable bonds is 0. The molecule has 0 saturated carbocycles. The lowest BCUT2D eigenvalue weighted by Gasteiger charge is -2.33. The number of amides is 1. The van der Waals surface area contributed by atoms with Crippen LogP contribution in [0.3, 0.4) is 0 Å². The molecule has 0 aromatic carbocycles. The summed E-state index contributed by atoms with van der Waals surface area (Å²) in [6.45, 7) is 6.87. The van der Waals surface area contributed by atoms with Crippen molar-refractivity contribution in [3.8, 4) is 0 Å². The SMILES string of the molecule is CC(C)(C)OC(=O)N1CCC2(CCS(=O)(=O)CC2)C1. The van der Waals surface area contributed by atoms with E-state index in [0.29, 0.717) is 25.9 Å². The van der Waals surface area contributed by atoms with E-state index in [1.807, 2.05) is 20.8 Å². The average Bonchev–Trinajstić information content (AvgIpc) is 2.66. The van der Waals surface area contributed by atoms with Gasteiger partial charge in [-0.15, -0.1) is 0 Å². The molecule has 0 aliphatic carbocycles. The first-order valence-electron chi connectivity index (χ1n) is 6.79. The predicted molar refractivity (Wildman–Crippen MR) is 72.7 cm³/mol. The zero-order chi connectivity index (χ0) is 14.3. The van der Waals surface area contributed by atoms with Crippen LogP contribution in [0, 0.1) is 5.41 Å². The van der Waals surface area contributed by atoms with Crippen molar-refractivity contribution in [2.24, 2.45) is 5.41 Å². The van der Waals surface area contributed by atoms with Crippen LogP contribution in [0.4, 0.5) is 4.79 Å². The van der Waals surface area contributed by atoms with Gasteiger partial charge in [-0.05, 0) is 45.4 Å². The Balaban J connectivity index is 1.95. The molecule has 6 heteroatoms. The summed E-state index contributed by atoms with van der Waals surface area (Å²) in [5.41, 5.74) is -0.481. The highest BCUT2D eigenvalue weighted by atomic mass is 32.2. The highest BCUT2D eigenvalue weighted by Crippen LogP contribution is 2.41. The molecule has 0 unspecified atom stereocenters. The number of carbonyl (C=O) groups excluding carboxylic acids is 1. The summed E-state index contributed by atoms with van der Waals surface area (Å²) in [6, 6.07) is 0. The van der Waals surface area contributed by atoms with Gasteiger partial charge >= 0.3 is 6.09 Å². The normalized spacial score (nSPS) is 25.5. The van der Waals surface area contributed by atoms with Crippen molar-refractivity contribution in [1.82, 2.24) is 4.90 Å². The summed E-state index contributed by atoms with van der Waals surface area (Å²) in [5.74, 6) is 0.518. The summed E-state index contributed by atoms with van der Waals surface area (Å²) >= 11 is 0. The minimum Gasteiger partial charge on any atom is -0.444 e. The summed E-state index contributed by atoms with van der Waals surface area (Å²) in [5, 5.41) is 0. The van der Waals surface area contributed by atoms with Gasteiger partial charge in [-0.1, -0.05) is 0 Å². The van der Waals surface area contributed by atoms with Crippen molar-refractivity contribution in [3.05, 3.63) is 0 Å². The monoisotopic (exact) mass is 289 g/mol. The third-order valence-electron chi connectivity index (χ3n) is 3.98.